The molecule has 0 atom stereocenters. The fourth-order valence-corrected chi connectivity index (χ4v) is 2.93. The predicted molar refractivity (Wildman–Crippen MR) is 78.3 cm³/mol. The normalized spacial score (nSPS) is 12.2. The average molecular weight is 306 g/mol. The molecule has 0 radical (unpaired) electrons. The molecule has 0 saturated carbocycles. The van der Waals surface area contributed by atoms with Crippen LogP contribution < -0.4 is 10.0 Å². The third-order valence-corrected chi connectivity index (χ3v) is 4.73. The van der Waals surface area contributed by atoms with E-state index in [9.17, 15) is 8.42 Å². The molecule has 1 rings (SSSR count). The van der Waals surface area contributed by atoms with Crippen LogP contribution in [0.5, 0.6) is 0 Å². The lowest BCUT2D eigenvalue weighted by Gasteiger charge is -2.17. The SMILES string of the molecule is CCCNCCCN(C)S(=O)(=O)NCc1cscn1. The summed E-state index contributed by atoms with van der Waals surface area (Å²) in [6.07, 6.45) is 1.89. The van der Waals surface area contributed by atoms with Crippen LogP contribution in [0.2, 0.25) is 0 Å². The zero-order chi connectivity index (χ0) is 14.1. The van der Waals surface area contributed by atoms with Gasteiger partial charge in [-0.05, 0) is 25.9 Å². The van der Waals surface area contributed by atoms with E-state index in [1.54, 1.807) is 12.6 Å². The Kier molecular flexibility index (Phi) is 7.47. The van der Waals surface area contributed by atoms with Crippen LogP contribution in [0.1, 0.15) is 25.5 Å². The van der Waals surface area contributed by atoms with Crippen LogP contribution in [0.15, 0.2) is 10.9 Å². The van der Waals surface area contributed by atoms with Crippen LogP contribution in [-0.2, 0) is 16.8 Å². The molecule has 0 fully saturated rings. The minimum absolute atomic E-state index is 0.240. The lowest BCUT2D eigenvalue weighted by Crippen LogP contribution is -2.39. The monoisotopic (exact) mass is 306 g/mol. The lowest BCUT2D eigenvalue weighted by atomic mass is 10.4. The van der Waals surface area contributed by atoms with Crippen molar-refractivity contribution >= 4 is 21.5 Å². The van der Waals surface area contributed by atoms with Crippen molar-refractivity contribution in [2.75, 3.05) is 26.7 Å². The van der Waals surface area contributed by atoms with Gasteiger partial charge in [0.15, 0.2) is 0 Å². The van der Waals surface area contributed by atoms with Gasteiger partial charge in [-0.3, -0.25) is 0 Å². The summed E-state index contributed by atoms with van der Waals surface area (Å²) in [6.45, 7) is 4.65. The third kappa shape index (κ3) is 6.44. The Balaban J connectivity index is 2.27. The minimum Gasteiger partial charge on any atom is -0.317 e. The number of hydrogen-bond donors (Lipinski definition) is 2. The van der Waals surface area contributed by atoms with Gasteiger partial charge >= 0.3 is 0 Å². The zero-order valence-corrected chi connectivity index (χ0v) is 13.1. The Morgan fingerprint density at radius 3 is 2.84 bits per heavy atom. The molecule has 6 nitrogen and oxygen atoms in total. The summed E-state index contributed by atoms with van der Waals surface area (Å²) in [6, 6.07) is 0. The highest BCUT2D eigenvalue weighted by Gasteiger charge is 2.16. The molecule has 0 amide bonds. The standard InChI is InChI=1S/C11H22N4O2S2/c1-3-5-12-6-4-7-15(2)19(16,17)14-8-11-9-18-10-13-11/h9-10,12,14H,3-8H2,1-2H3. The quantitative estimate of drug-likeness (QED) is 0.627. The van der Waals surface area contributed by atoms with Crippen molar-refractivity contribution in [2.45, 2.75) is 26.3 Å². The van der Waals surface area contributed by atoms with Crippen LogP contribution in [0.4, 0.5) is 0 Å². The van der Waals surface area contributed by atoms with Crippen molar-refractivity contribution in [2.24, 2.45) is 0 Å². The molecule has 0 bridgehead atoms. The maximum absolute atomic E-state index is 11.9. The van der Waals surface area contributed by atoms with E-state index in [0.29, 0.717) is 6.54 Å². The maximum atomic E-state index is 11.9. The summed E-state index contributed by atoms with van der Waals surface area (Å²) in [7, 11) is -1.82. The first-order chi connectivity index (χ1) is 9.06. The Bertz CT molecular complexity index is 434. The van der Waals surface area contributed by atoms with E-state index in [4.69, 9.17) is 0 Å². The fraction of sp³-hybridized carbons (Fsp3) is 0.727. The first-order valence-corrected chi connectivity index (χ1v) is 8.73. The van der Waals surface area contributed by atoms with Crippen molar-refractivity contribution in [1.29, 1.82) is 0 Å². The van der Waals surface area contributed by atoms with Gasteiger partial charge in [0, 0.05) is 19.0 Å². The number of thiazole rings is 1. The van der Waals surface area contributed by atoms with Gasteiger partial charge in [0.2, 0.25) is 0 Å². The molecule has 0 saturated heterocycles. The van der Waals surface area contributed by atoms with Crippen molar-refractivity contribution in [3.05, 3.63) is 16.6 Å². The molecule has 0 aliphatic rings. The van der Waals surface area contributed by atoms with Crippen molar-refractivity contribution in [3.8, 4) is 0 Å². The van der Waals surface area contributed by atoms with Gasteiger partial charge in [0.25, 0.3) is 10.2 Å². The number of aromatic nitrogens is 1. The molecule has 1 aromatic rings. The van der Waals surface area contributed by atoms with Gasteiger partial charge in [-0.1, -0.05) is 6.92 Å². The molecule has 0 aliphatic carbocycles. The number of nitrogens with zero attached hydrogens (tertiary/aromatic N) is 2. The lowest BCUT2D eigenvalue weighted by molar-refractivity contribution is 0.444. The molecule has 0 aliphatic heterocycles. The van der Waals surface area contributed by atoms with Crippen LogP contribution in [0.3, 0.4) is 0 Å². The number of hydrogen-bond acceptors (Lipinski definition) is 5. The number of nitrogens with one attached hydrogen (secondary N) is 2. The largest absolute Gasteiger partial charge is 0.317 e. The summed E-state index contributed by atoms with van der Waals surface area (Å²) in [5.74, 6) is 0. The molecule has 19 heavy (non-hydrogen) atoms. The van der Waals surface area contributed by atoms with Crippen molar-refractivity contribution in [1.82, 2.24) is 19.3 Å². The average Bonchev–Trinajstić information content (AvgIpc) is 2.89. The Morgan fingerprint density at radius 1 is 1.42 bits per heavy atom. The van der Waals surface area contributed by atoms with Gasteiger partial charge in [-0.2, -0.15) is 17.4 Å². The van der Waals surface area contributed by atoms with E-state index >= 15 is 0 Å². The zero-order valence-electron chi connectivity index (χ0n) is 11.4. The van der Waals surface area contributed by atoms with Gasteiger partial charge < -0.3 is 5.32 Å². The second kappa shape index (κ2) is 8.60. The summed E-state index contributed by atoms with van der Waals surface area (Å²) >= 11 is 1.45. The molecule has 0 aromatic carbocycles. The van der Waals surface area contributed by atoms with E-state index in [1.807, 2.05) is 5.38 Å². The highest BCUT2D eigenvalue weighted by molar-refractivity contribution is 7.87. The molecular formula is C11H22N4O2S2. The number of rotatable bonds is 10. The van der Waals surface area contributed by atoms with Gasteiger partial charge in [0.05, 0.1) is 17.7 Å². The Morgan fingerprint density at radius 2 is 2.21 bits per heavy atom. The van der Waals surface area contributed by atoms with Gasteiger partial charge in [-0.15, -0.1) is 11.3 Å². The molecule has 110 valence electrons. The van der Waals surface area contributed by atoms with E-state index in [-0.39, 0.29) is 6.54 Å². The maximum Gasteiger partial charge on any atom is 0.279 e. The molecular weight excluding hydrogens is 284 g/mol. The highest BCUT2D eigenvalue weighted by atomic mass is 32.2. The van der Waals surface area contributed by atoms with Crippen LogP contribution in [0.25, 0.3) is 0 Å². The fourth-order valence-electron chi connectivity index (χ4n) is 1.45. The summed E-state index contributed by atoms with van der Waals surface area (Å²) in [4.78, 5) is 4.04. The van der Waals surface area contributed by atoms with E-state index in [2.05, 4.69) is 21.9 Å². The van der Waals surface area contributed by atoms with Crippen LogP contribution in [-0.4, -0.2) is 44.4 Å². The Hall–Kier alpha value is -0.540. The topological polar surface area (TPSA) is 74.3 Å². The smallest absolute Gasteiger partial charge is 0.279 e. The van der Waals surface area contributed by atoms with Crippen LogP contribution >= 0.6 is 11.3 Å². The predicted octanol–water partition coefficient (Wildman–Crippen LogP) is 0.799. The van der Waals surface area contributed by atoms with Crippen molar-refractivity contribution in [3.63, 3.8) is 0 Å². The van der Waals surface area contributed by atoms with E-state index < -0.39 is 10.2 Å². The van der Waals surface area contributed by atoms with Crippen molar-refractivity contribution < 1.29 is 8.42 Å². The summed E-state index contributed by atoms with van der Waals surface area (Å²) in [5.41, 5.74) is 2.43. The summed E-state index contributed by atoms with van der Waals surface area (Å²) in [5, 5.41) is 5.08. The molecule has 1 aromatic heterocycles. The molecule has 0 spiro atoms. The Labute approximate surface area is 119 Å². The summed E-state index contributed by atoms with van der Waals surface area (Å²) < 4.78 is 27.7. The minimum atomic E-state index is -3.41. The van der Waals surface area contributed by atoms with Crippen LogP contribution in [0, 0.1) is 0 Å². The third-order valence-electron chi connectivity index (χ3n) is 2.58. The molecule has 8 heteroatoms. The second-order valence-electron chi connectivity index (χ2n) is 4.23. The van der Waals surface area contributed by atoms with E-state index in [0.717, 1.165) is 31.6 Å². The first kappa shape index (κ1) is 16.5. The highest BCUT2D eigenvalue weighted by Crippen LogP contribution is 2.02. The molecule has 1 heterocycles. The molecule has 0 unspecified atom stereocenters. The van der Waals surface area contributed by atoms with Gasteiger partial charge in [0.1, 0.15) is 0 Å². The van der Waals surface area contributed by atoms with Gasteiger partial charge in [-0.25, -0.2) is 4.98 Å². The van der Waals surface area contributed by atoms with E-state index in [1.165, 1.54) is 15.6 Å². The first-order valence-electron chi connectivity index (χ1n) is 6.35. The molecule has 2 N–H and O–H groups in total. The second-order valence-corrected chi connectivity index (χ2v) is 6.81.